The summed E-state index contributed by atoms with van der Waals surface area (Å²) in [5.41, 5.74) is 0.557. The van der Waals surface area contributed by atoms with Crippen molar-refractivity contribution in [3.63, 3.8) is 0 Å². The molecular weight excluding hydrogens is 304 g/mol. The number of likely N-dealkylation sites (tertiary alicyclic amines) is 1. The zero-order chi connectivity index (χ0) is 17.4. The fourth-order valence-corrected chi connectivity index (χ4v) is 2.87. The van der Waals surface area contributed by atoms with Crippen LogP contribution in [0.25, 0.3) is 0 Å². The molecule has 2 heterocycles. The lowest BCUT2D eigenvalue weighted by Crippen LogP contribution is -2.41. The zero-order valence-electron chi connectivity index (χ0n) is 15.2. The molecule has 0 saturated carbocycles. The van der Waals surface area contributed by atoms with Crippen molar-refractivity contribution in [1.82, 2.24) is 9.88 Å². The van der Waals surface area contributed by atoms with Gasteiger partial charge in [0.15, 0.2) is 0 Å². The van der Waals surface area contributed by atoms with E-state index in [0.717, 1.165) is 51.1 Å². The average molecular weight is 334 g/mol. The second-order valence-corrected chi connectivity index (χ2v) is 7.43. The monoisotopic (exact) mass is 334 g/mol. The van der Waals surface area contributed by atoms with Crippen LogP contribution in [0.5, 0.6) is 0 Å². The summed E-state index contributed by atoms with van der Waals surface area (Å²) in [5, 5.41) is 0. The summed E-state index contributed by atoms with van der Waals surface area (Å²) in [4.78, 5) is 18.1. The van der Waals surface area contributed by atoms with Gasteiger partial charge in [-0.05, 0) is 64.5 Å². The fourth-order valence-electron chi connectivity index (χ4n) is 2.87. The molecule has 24 heavy (non-hydrogen) atoms. The SMILES string of the molecule is CC(C)(C)OC(=O)N1CCC(CCCOCc2ccccn2)CC1. The molecular formula is C19H30N2O3. The Bertz CT molecular complexity index is 491. The maximum Gasteiger partial charge on any atom is 0.410 e. The second-order valence-electron chi connectivity index (χ2n) is 7.43. The molecule has 0 unspecified atom stereocenters. The molecule has 2 rings (SSSR count). The third kappa shape index (κ3) is 6.87. The van der Waals surface area contributed by atoms with E-state index in [9.17, 15) is 4.79 Å². The number of amides is 1. The van der Waals surface area contributed by atoms with Gasteiger partial charge in [0.05, 0.1) is 12.3 Å². The van der Waals surface area contributed by atoms with E-state index in [1.54, 1.807) is 6.20 Å². The number of piperidine rings is 1. The van der Waals surface area contributed by atoms with Crippen molar-refractivity contribution >= 4 is 6.09 Å². The highest BCUT2D eigenvalue weighted by atomic mass is 16.6. The highest BCUT2D eigenvalue weighted by Gasteiger charge is 2.26. The first kappa shape index (κ1) is 18.7. The number of carbonyl (C=O) groups excluding carboxylic acids is 1. The van der Waals surface area contributed by atoms with Gasteiger partial charge in [0.25, 0.3) is 0 Å². The molecule has 0 N–H and O–H groups in total. The summed E-state index contributed by atoms with van der Waals surface area (Å²) < 4.78 is 11.1. The fraction of sp³-hybridized carbons (Fsp3) is 0.684. The van der Waals surface area contributed by atoms with Crippen molar-refractivity contribution in [3.05, 3.63) is 30.1 Å². The van der Waals surface area contributed by atoms with Crippen molar-refractivity contribution in [2.24, 2.45) is 5.92 Å². The summed E-state index contributed by atoms with van der Waals surface area (Å²) in [7, 11) is 0. The highest BCUT2D eigenvalue weighted by molar-refractivity contribution is 5.68. The number of hydrogen-bond acceptors (Lipinski definition) is 4. The molecule has 0 bridgehead atoms. The standard InChI is InChI=1S/C19H30N2O3/c1-19(2,3)24-18(22)21-12-9-16(10-13-21)7-6-14-23-15-17-8-4-5-11-20-17/h4-5,8,11,16H,6-7,9-10,12-15H2,1-3H3. The lowest BCUT2D eigenvalue weighted by Gasteiger charge is -2.33. The quantitative estimate of drug-likeness (QED) is 0.737. The average Bonchev–Trinajstić information content (AvgIpc) is 2.54. The molecule has 1 aromatic rings. The van der Waals surface area contributed by atoms with Crippen molar-refractivity contribution in [3.8, 4) is 0 Å². The van der Waals surface area contributed by atoms with E-state index < -0.39 is 5.60 Å². The van der Waals surface area contributed by atoms with Gasteiger partial charge < -0.3 is 14.4 Å². The largest absolute Gasteiger partial charge is 0.444 e. The van der Waals surface area contributed by atoms with E-state index in [1.165, 1.54) is 0 Å². The van der Waals surface area contributed by atoms with Gasteiger partial charge in [-0.2, -0.15) is 0 Å². The van der Waals surface area contributed by atoms with Gasteiger partial charge in [0.1, 0.15) is 5.60 Å². The van der Waals surface area contributed by atoms with E-state index in [0.29, 0.717) is 12.5 Å². The summed E-state index contributed by atoms with van der Waals surface area (Å²) >= 11 is 0. The van der Waals surface area contributed by atoms with Gasteiger partial charge in [-0.15, -0.1) is 0 Å². The smallest absolute Gasteiger partial charge is 0.410 e. The van der Waals surface area contributed by atoms with Crippen LogP contribution in [0.2, 0.25) is 0 Å². The molecule has 0 aliphatic carbocycles. The van der Waals surface area contributed by atoms with Crippen molar-refractivity contribution in [2.75, 3.05) is 19.7 Å². The Morgan fingerprint density at radius 1 is 1.29 bits per heavy atom. The first-order valence-corrected chi connectivity index (χ1v) is 8.89. The van der Waals surface area contributed by atoms with Gasteiger partial charge in [-0.3, -0.25) is 4.98 Å². The number of ether oxygens (including phenoxy) is 2. The minimum absolute atomic E-state index is 0.181. The Morgan fingerprint density at radius 3 is 2.67 bits per heavy atom. The maximum absolute atomic E-state index is 12.0. The van der Waals surface area contributed by atoms with Crippen LogP contribution in [0, 0.1) is 5.92 Å². The first-order chi connectivity index (χ1) is 11.4. The maximum atomic E-state index is 12.0. The van der Waals surface area contributed by atoms with E-state index in [2.05, 4.69) is 4.98 Å². The van der Waals surface area contributed by atoms with Crippen molar-refractivity contribution in [1.29, 1.82) is 0 Å². The lowest BCUT2D eigenvalue weighted by atomic mass is 9.92. The Morgan fingerprint density at radius 2 is 2.04 bits per heavy atom. The molecule has 0 spiro atoms. The summed E-state index contributed by atoms with van der Waals surface area (Å²) in [6.45, 7) is 8.66. The molecule has 0 radical (unpaired) electrons. The van der Waals surface area contributed by atoms with Gasteiger partial charge in [0, 0.05) is 25.9 Å². The summed E-state index contributed by atoms with van der Waals surface area (Å²) in [6.07, 6.45) is 5.93. The van der Waals surface area contributed by atoms with E-state index >= 15 is 0 Å². The molecule has 1 aromatic heterocycles. The van der Waals surface area contributed by atoms with Crippen molar-refractivity contribution < 1.29 is 14.3 Å². The molecule has 0 aromatic carbocycles. The van der Waals surface area contributed by atoms with E-state index in [-0.39, 0.29) is 6.09 Å². The van der Waals surface area contributed by atoms with Gasteiger partial charge in [0.2, 0.25) is 0 Å². The lowest BCUT2D eigenvalue weighted by molar-refractivity contribution is 0.0176. The van der Waals surface area contributed by atoms with Crippen LogP contribution in [0.15, 0.2) is 24.4 Å². The van der Waals surface area contributed by atoms with Crippen molar-refractivity contribution in [2.45, 2.75) is 58.7 Å². The van der Waals surface area contributed by atoms with Gasteiger partial charge in [-0.25, -0.2) is 4.79 Å². The number of nitrogens with zero attached hydrogens (tertiary/aromatic N) is 2. The minimum Gasteiger partial charge on any atom is -0.444 e. The second kappa shape index (κ2) is 9.02. The van der Waals surface area contributed by atoms with Gasteiger partial charge in [-0.1, -0.05) is 6.07 Å². The third-order valence-corrected chi connectivity index (χ3v) is 4.14. The number of carbonyl (C=O) groups is 1. The zero-order valence-corrected chi connectivity index (χ0v) is 15.2. The highest BCUT2D eigenvalue weighted by Crippen LogP contribution is 2.23. The molecule has 1 fully saturated rings. The van der Waals surface area contributed by atoms with E-state index in [4.69, 9.17) is 9.47 Å². The van der Waals surface area contributed by atoms with Crippen LogP contribution in [-0.4, -0.2) is 41.3 Å². The number of hydrogen-bond donors (Lipinski definition) is 0. The Kier molecular flexibility index (Phi) is 7.03. The molecule has 5 nitrogen and oxygen atoms in total. The minimum atomic E-state index is -0.418. The van der Waals surface area contributed by atoms with Gasteiger partial charge >= 0.3 is 6.09 Å². The molecule has 0 atom stereocenters. The Balaban J connectivity index is 1.56. The molecule has 134 valence electrons. The molecule has 1 saturated heterocycles. The molecule has 1 amide bonds. The third-order valence-electron chi connectivity index (χ3n) is 4.14. The van der Waals surface area contributed by atoms with Crippen LogP contribution >= 0.6 is 0 Å². The molecule has 1 aliphatic rings. The van der Waals surface area contributed by atoms with Crippen LogP contribution in [0.1, 0.15) is 52.1 Å². The van der Waals surface area contributed by atoms with Crippen LogP contribution < -0.4 is 0 Å². The number of aromatic nitrogens is 1. The summed E-state index contributed by atoms with van der Waals surface area (Å²) in [6, 6.07) is 5.86. The van der Waals surface area contributed by atoms with Crippen LogP contribution in [0.3, 0.4) is 0 Å². The normalized spacial score (nSPS) is 16.2. The Labute approximate surface area is 145 Å². The topological polar surface area (TPSA) is 51.7 Å². The molecule has 5 heteroatoms. The Hall–Kier alpha value is -1.62. The summed E-state index contributed by atoms with van der Waals surface area (Å²) in [5.74, 6) is 0.683. The van der Waals surface area contributed by atoms with Crippen LogP contribution in [0.4, 0.5) is 4.79 Å². The molecule has 1 aliphatic heterocycles. The van der Waals surface area contributed by atoms with Crippen LogP contribution in [-0.2, 0) is 16.1 Å². The number of rotatable bonds is 6. The predicted molar refractivity (Wildman–Crippen MR) is 93.7 cm³/mol. The number of pyridine rings is 1. The van der Waals surface area contributed by atoms with E-state index in [1.807, 2.05) is 43.9 Å². The predicted octanol–water partition coefficient (Wildman–Crippen LogP) is 4.03. The first-order valence-electron chi connectivity index (χ1n) is 8.89.